The van der Waals surface area contributed by atoms with Crippen LogP contribution in [0.1, 0.15) is 18.9 Å². The number of likely N-dealkylation sites (N-methyl/N-ethyl adjacent to an activating group) is 1. The molecule has 0 saturated heterocycles. The second-order valence-electron chi connectivity index (χ2n) is 4.85. The van der Waals surface area contributed by atoms with Gasteiger partial charge >= 0.3 is 5.76 Å². The highest BCUT2D eigenvalue weighted by molar-refractivity contribution is 5.75. The van der Waals surface area contributed by atoms with Crippen LogP contribution in [0, 0.1) is 0 Å². The van der Waals surface area contributed by atoms with E-state index in [1.807, 2.05) is 25.2 Å². The van der Waals surface area contributed by atoms with Crippen LogP contribution in [0.25, 0.3) is 11.1 Å². The van der Waals surface area contributed by atoms with Gasteiger partial charge in [-0.05, 0) is 38.1 Å². The third kappa shape index (κ3) is 3.79. The average Bonchev–Trinajstić information content (AvgIpc) is 2.73. The predicted molar refractivity (Wildman–Crippen MR) is 73.3 cm³/mol. The number of H-pyrrole nitrogens is 1. The largest absolute Gasteiger partial charge is 0.417 e. The van der Waals surface area contributed by atoms with Crippen LogP contribution in [0.3, 0.4) is 0 Å². The molecule has 1 heterocycles. The Labute approximate surface area is 111 Å². The minimum absolute atomic E-state index is 0.211. The number of hydrogen-bond acceptors (Lipinski definition) is 4. The Morgan fingerprint density at radius 1 is 1.37 bits per heavy atom. The minimum Gasteiger partial charge on any atom is -0.408 e. The van der Waals surface area contributed by atoms with Crippen molar-refractivity contribution in [1.82, 2.24) is 9.88 Å². The Kier molecular flexibility index (Phi) is 4.16. The maximum Gasteiger partial charge on any atom is 0.417 e. The molecular weight excluding hydrogens is 244 g/mol. The molecule has 5 nitrogen and oxygen atoms in total. The van der Waals surface area contributed by atoms with Crippen molar-refractivity contribution in [3.8, 4) is 0 Å². The molecule has 0 spiro atoms. The van der Waals surface area contributed by atoms with Gasteiger partial charge in [0.25, 0.3) is 0 Å². The van der Waals surface area contributed by atoms with Gasteiger partial charge in [-0.15, -0.1) is 0 Å². The van der Waals surface area contributed by atoms with Crippen molar-refractivity contribution < 1.29 is 9.21 Å². The van der Waals surface area contributed by atoms with E-state index < -0.39 is 5.76 Å². The van der Waals surface area contributed by atoms with E-state index in [2.05, 4.69) is 9.88 Å². The summed E-state index contributed by atoms with van der Waals surface area (Å²) in [6, 6.07) is 5.71. The highest BCUT2D eigenvalue weighted by Crippen LogP contribution is 2.13. The van der Waals surface area contributed by atoms with Crippen molar-refractivity contribution in [2.75, 3.05) is 20.1 Å². The summed E-state index contributed by atoms with van der Waals surface area (Å²) in [4.78, 5) is 26.7. The zero-order valence-corrected chi connectivity index (χ0v) is 11.2. The summed E-state index contributed by atoms with van der Waals surface area (Å²) in [5.74, 6) is -0.215. The van der Waals surface area contributed by atoms with Crippen LogP contribution in [0.5, 0.6) is 0 Å². The topological polar surface area (TPSA) is 66.3 Å². The molecule has 0 saturated carbocycles. The van der Waals surface area contributed by atoms with Gasteiger partial charge in [0, 0.05) is 19.5 Å². The molecule has 0 radical (unpaired) electrons. The quantitative estimate of drug-likeness (QED) is 0.858. The standard InChI is InChI=1S/C14H18N2O3/c1-10(17)5-7-16(2)8-6-11-3-4-12-13(9-11)19-14(18)15-12/h3-4,9H,5-8H2,1-2H3,(H,15,18). The van der Waals surface area contributed by atoms with E-state index in [-0.39, 0.29) is 5.78 Å². The second-order valence-corrected chi connectivity index (χ2v) is 4.85. The third-order valence-corrected chi connectivity index (χ3v) is 3.11. The van der Waals surface area contributed by atoms with Crippen LogP contribution < -0.4 is 5.76 Å². The summed E-state index contributed by atoms with van der Waals surface area (Å²) in [7, 11) is 2.00. The molecule has 0 aliphatic carbocycles. The van der Waals surface area contributed by atoms with Gasteiger partial charge < -0.3 is 9.32 Å². The van der Waals surface area contributed by atoms with Crippen LogP contribution in [0.2, 0.25) is 0 Å². The first kappa shape index (κ1) is 13.5. The molecule has 0 aliphatic heterocycles. The van der Waals surface area contributed by atoms with Gasteiger partial charge in [-0.25, -0.2) is 4.79 Å². The van der Waals surface area contributed by atoms with Crippen molar-refractivity contribution in [3.63, 3.8) is 0 Å². The number of carbonyl (C=O) groups excluding carboxylic acids is 1. The Hall–Kier alpha value is -1.88. The average molecular weight is 262 g/mol. The molecule has 19 heavy (non-hydrogen) atoms. The lowest BCUT2D eigenvalue weighted by atomic mass is 10.1. The van der Waals surface area contributed by atoms with E-state index in [0.717, 1.165) is 30.6 Å². The van der Waals surface area contributed by atoms with Gasteiger partial charge in [-0.1, -0.05) is 6.07 Å². The molecule has 102 valence electrons. The van der Waals surface area contributed by atoms with Gasteiger partial charge in [0.15, 0.2) is 5.58 Å². The molecule has 1 N–H and O–H groups in total. The van der Waals surface area contributed by atoms with Crippen LogP contribution >= 0.6 is 0 Å². The third-order valence-electron chi connectivity index (χ3n) is 3.11. The number of nitrogens with one attached hydrogen (secondary N) is 1. The molecule has 0 bridgehead atoms. The van der Waals surface area contributed by atoms with Gasteiger partial charge in [0.05, 0.1) is 5.52 Å². The molecule has 0 unspecified atom stereocenters. The highest BCUT2D eigenvalue weighted by atomic mass is 16.4. The van der Waals surface area contributed by atoms with E-state index in [1.165, 1.54) is 0 Å². The summed E-state index contributed by atoms with van der Waals surface area (Å²) < 4.78 is 5.02. The zero-order chi connectivity index (χ0) is 13.8. The van der Waals surface area contributed by atoms with Gasteiger partial charge in [0.1, 0.15) is 5.78 Å². The number of ketones is 1. The van der Waals surface area contributed by atoms with Crippen molar-refractivity contribution >= 4 is 16.9 Å². The summed E-state index contributed by atoms with van der Waals surface area (Å²) in [6.07, 6.45) is 1.45. The molecule has 5 heteroatoms. The molecule has 0 amide bonds. The number of fused-ring (bicyclic) bond motifs is 1. The van der Waals surface area contributed by atoms with E-state index in [1.54, 1.807) is 6.92 Å². The van der Waals surface area contributed by atoms with E-state index in [0.29, 0.717) is 12.0 Å². The number of benzene rings is 1. The normalized spacial score (nSPS) is 11.3. The van der Waals surface area contributed by atoms with Crippen molar-refractivity contribution in [3.05, 3.63) is 34.3 Å². The number of nitrogens with zero attached hydrogens (tertiary/aromatic N) is 1. The summed E-state index contributed by atoms with van der Waals surface area (Å²) in [6.45, 7) is 3.25. The molecular formula is C14H18N2O3. The summed E-state index contributed by atoms with van der Waals surface area (Å²) >= 11 is 0. The van der Waals surface area contributed by atoms with Gasteiger partial charge in [-0.3, -0.25) is 9.78 Å². The van der Waals surface area contributed by atoms with Crippen molar-refractivity contribution in [2.45, 2.75) is 19.8 Å². The fourth-order valence-corrected chi connectivity index (χ4v) is 1.93. The lowest BCUT2D eigenvalue weighted by Gasteiger charge is -2.15. The maximum atomic E-state index is 11.1. The first-order valence-electron chi connectivity index (χ1n) is 6.34. The first-order valence-corrected chi connectivity index (χ1v) is 6.34. The first-order chi connectivity index (χ1) is 9.04. The molecule has 2 rings (SSSR count). The zero-order valence-electron chi connectivity index (χ0n) is 11.2. The minimum atomic E-state index is -0.425. The predicted octanol–water partition coefficient (Wildman–Crippen LogP) is 1.57. The number of oxazole rings is 1. The Morgan fingerprint density at radius 2 is 2.16 bits per heavy atom. The molecule has 1 aromatic heterocycles. The van der Waals surface area contributed by atoms with Crippen molar-refractivity contribution in [2.24, 2.45) is 0 Å². The van der Waals surface area contributed by atoms with Gasteiger partial charge in [-0.2, -0.15) is 0 Å². The lowest BCUT2D eigenvalue weighted by molar-refractivity contribution is -0.117. The van der Waals surface area contributed by atoms with Gasteiger partial charge in [0.2, 0.25) is 0 Å². The fraction of sp³-hybridized carbons (Fsp3) is 0.429. The molecule has 0 atom stereocenters. The summed E-state index contributed by atoms with van der Waals surface area (Å²) in [5.41, 5.74) is 2.43. The molecule has 1 aromatic carbocycles. The smallest absolute Gasteiger partial charge is 0.408 e. The number of aromatic nitrogens is 1. The highest BCUT2D eigenvalue weighted by Gasteiger charge is 2.04. The molecule has 0 fully saturated rings. The number of Topliss-reactive ketones (excluding diaryl/α,β-unsaturated/α-hetero) is 1. The lowest BCUT2D eigenvalue weighted by Crippen LogP contribution is -2.23. The second kappa shape index (κ2) is 5.84. The van der Waals surface area contributed by atoms with E-state index in [9.17, 15) is 9.59 Å². The monoisotopic (exact) mass is 262 g/mol. The number of aromatic amines is 1. The van der Waals surface area contributed by atoms with E-state index >= 15 is 0 Å². The fourth-order valence-electron chi connectivity index (χ4n) is 1.93. The molecule has 0 aliphatic rings. The van der Waals surface area contributed by atoms with Crippen LogP contribution in [-0.2, 0) is 11.2 Å². The number of carbonyl (C=O) groups is 1. The SMILES string of the molecule is CC(=O)CCN(C)CCc1ccc2[nH]c(=O)oc2c1. The Morgan fingerprint density at radius 3 is 2.89 bits per heavy atom. The van der Waals surface area contributed by atoms with Crippen LogP contribution in [0.4, 0.5) is 0 Å². The number of hydrogen-bond donors (Lipinski definition) is 1. The Bertz CT molecular complexity index is 627. The molecule has 2 aromatic rings. The van der Waals surface area contributed by atoms with E-state index in [4.69, 9.17) is 4.42 Å². The number of rotatable bonds is 6. The van der Waals surface area contributed by atoms with Crippen LogP contribution in [0.15, 0.2) is 27.4 Å². The van der Waals surface area contributed by atoms with Crippen molar-refractivity contribution in [1.29, 1.82) is 0 Å². The Balaban J connectivity index is 1.93. The maximum absolute atomic E-state index is 11.1. The van der Waals surface area contributed by atoms with Crippen LogP contribution in [-0.4, -0.2) is 35.8 Å². The summed E-state index contributed by atoms with van der Waals surface area (Å²) in [5, 5.41) is 0.